The van der Waals surface area contributed by atoms with Crippen molar-refractivity contribution in [2.24, 2.45) is 10.8 Å². The highest BCUT2D eigenvalue weighted by Crippen LogP contribution is 2.55. The van der Waals surface area contributed by atoms with Crippen LogP contribution in [0.2, 0.25) is 0 Å². The summed E-state index contributed by atoms with van der Waals surface area (Å²) in [4.78, 5) is 16.6. The standard InChI is InChI=1S/C30H30N6/c1(2-20-5-8-22-23(13-20)35-28(34-22)25-15-30(11-12-30)18-33-25)19-3-6-21(7-4-19)26-16-31-27(36-26)24-14-29(9-10-29)17-32-24/h3-8,13,16,24-25,32-33H,9-12,14-15,17-18H2,(H,31,36)(H,34,35). The van der Waals surface area contributed by atoms with E-state index >= 15 is 0 Å². The molecule has 6 heteroatoms. The second kappa shape index (κ2) is 7.55. The minimum absolute atomic E-state index is 0.350. The van der Waals surface area contributed by atoms with Gasteiger partial charge in [-0.25, -0.2) is 9.97 Å². The summed E-state index contributed by atoms with van der Waals surface area (Å²) in [6, 6.07) is 15.4. The van der Waals surface area contributed by atoms with Gasteiger partial charge in [0.15, 0.2) is 0 Å². The molecule has 4 aliphatic rings. The lowest BCUT2D eigenvalue weighted by Crippen LogP contribution is -2.15. The Labute approximate surface area is 210 Å². The Hall–Kier alpha value is -3.40. The molecule has 2 aromatic carbocycles. The van der Waals surface area contributed by atoms with Gasteiger partial charge in [0.25, 0.3) is 0 Å². The number of imidazole rings is 2. The van der Waals surface area contributed by atoms with E-state index in [1.165, 1.54) is 38.5 Å². The molecule has 4 heterocycles. The van der Waals surface area contributed by atoms with E-state index in [0.29, 0.717) is 22.9 Å². The van der Waals surface area contributed by atoms with Gasteiger partial charge in [-0.15, -0.1) is 0 Å². The van der Waals surface area contributed by atoms with Gasteiger partial charge in [-0.1, -0.05) is 24.0 Å². The zero-order chi connectivity index (χ0) is 23.7. The number of hydrogen-bond acceptors (Lipinski definition) is 4. The van der Waals surface area contributed by atoms with Crippen LogP contribution in [-0.4, -0.2) is 33.0 Å². The predicted octanol–water partition coefficient (Wildman–Crippen LogP) is 4.98. The first-order valence-corrected chi connectivity index (χ1v) is 13.3. The molecule has 36 heavy (non-hydrogen) atoms. The van der Waals surface area contributed by atoms with Crippen molar-refractivity contribution in [1.82, 2.24) is 30.6 Å². The van der Waals surface area contributed by atoms with E-state index in [1.54, 1.807) is 0 Å². The van der Waals surface area contributed by atoms with Gasteiger partial charge in [-0.05, 0) is 85.3 Å². The number of benzene rings is 2. The van der Waals surface area contributed by atoms with Crippen LogP contribution in [0.5, 0.6) is 0 Å². The quantitative estimate of drug-likeness (QED) is 0.316. The summed E-state index contributed by atoms with van der Waals surface area (Å²) in [6.07, 6.45) is 9.81. The van der Waals surface area contributed by atoms with Crippen LogP contribution in [0.1, 0.15) is 73.4 Å². The molecule has 2 aliphatic carbocycles. The highest BCUT2D eigenvalue weighted by atomic mass is 15.1. The molecule has 180 valence electrons. The van der Waals surface area contributed by atoms with Crippen molar-refractivity contribution < 1.29 is 0 Å². The number of hydrogen-bond donors (Lipinski definition) is 4. The van der Waals surface area contributed by atoms with Crippen LogP contribution in [0.25, 0.3) is 22.3 Å². The average Bonchev–Trinajstić information content (AvgIpc) is 3.49. The number of aromatic nitrogens is 4. The molecule has 2 aliphatic heterocycles. The van der Waals surface area contributed by atoms with Crippen LogP contribution >= 0.6 is 0 Å². The van der Waals surface area contributed by atoms with Crippen LogP contribution in [0.3, 0.4) is 0 Å². The molecule has 0 amide bonds. The molecule has 0 radical (unpaired) electrons. The van der Waals surface area contributed by atoms with E-state index in [2.05, 4.69) is 79.9 Å². The smallest absolute Gasteiger partial charge is 0.124 e. The third-order valence-electron chi connectivity index (χ3n) is 8.94. The Morgan fingerprint density at radius 1 is 0.750 bits per heavy atom. The largest absolute Gasteiger partial charge is 0.341 e. The SMILES string of the molecule is C(#Cc1ccc2nc(C3CC4(CC4)CN3)[nH]c2c1)c1ccc(-c2cnc(C3CC4(CC4)CN3)[nH]2)cc1. The van der Waals surface area contributed by atoms with Crippen LogP contribution < -0.4 is 10.6 Å². The summed E-state index contributed by atoms with van der Waals surface area (Å²) in [5, 5.41) is 7.30. The molecule has 2 spiro atoms. The summed E-state index contributed by atoms with van der Waals surface area (Å²) in [6.45, 7) is 2.26. The lowest BCUT2D eigenvalue weighted by Gasteiger charge is -2.06. The van der Waals surface area contributed by atoms with Gasteiger partial charge in [-0.2, -0.15) is 0 Å². The summed E-state index contributed by atoms with van der Waals surface area (Å²) < 4.78 is 0. The molecule has 2 unspecified atom stereocenters. The van der Waals surface area contributed by atoms with E-state index in [9.17, 15) is 0 Å². The molecule has 4 fully saturated rings. The number of rotatable bonds is 3. The van der Waals surface area contributed by atoms with Gasteiger partial charge < -0.3 is 20.6 Å². The van der Waals surface area contributed by atoms with Crippen LogP contribution in [0.15, 0.2) is 48.7 Å². The van der Waals surface area contributed by atoms with Gasteiger partial charge in [0.05, 0.1) is 35.0 Å². The number of nitrogens with zero attached hydrogens (tertiary/aromatic N) is 2. The van der Waals surface area contributed by atoms with Gasteiger partial charge >= 0.3 is 0 Å². The number of fused-ring (bicyclic) bond motifs is 1. The highest BCUT2D eigenvalue weighted by Gasteiger charge is 2.49. The number of H-pyrrole nitrogens is 2. The zero-order valence-electron chi connectivity index (χ0n) is 20.3. The Morgan fingerprint density at radius 3 is 2.11 bits per heavy atom. The highest BCUT2D eigenvalue weighted by molar-refractivity contribution is 5.77. The molecular weight excluding hydrogens is 444 g/mol. The Bertz CT molecular complexity index is 1520. The fraction of sp³-hybridized carbons (Fsp3) is 0.400. The third-order valence-corrected chi connectivity index (χ3v) is 8.94. The van der Waals surface area contributed by atoms with Crippen molar-refractivity contribution in [3.05, 3.63) is 71.4 Å². The maximum atomic E-state index is 4.84. The molecule has 2 aromatic heterocycles. The molecule has 4 aromatic rings. The molecule has 2 saturated heterocycles. The summed E-state index contributed by atoms with van der Waals surface area (Å²) in [7, 11) is 0. The lowest BCUT2D eigenvalue weighted by molar-refractivity contribution is 0.543. The van der Waals surface area contributed by atoms with Crippen molar-refractivity contribution in [3.8, 4) is 23.1 Å². The van der Waals surface area contributed by atoms with E-state index in [-0.39, 0.29) is 0 Å². The molecule has 0 bridgehead atoms. The van der Waals surface area contributed by atoms with Crippen molar-refractivity contribution in [3.63, 3.8) is 0 Å². The van der Waals surface area contributed by atoms with Gasteiger partial charge in [0.1, 0.15) is 11.6 Å². The average molecular weight is 475 g/mol. The molecular formula is C30H30N6. The Balaban J connectivity index is 0.970. The van der Waals surface area contributed by atoms with E-state index in [1.807, 2.05) is 6.20 Å². The minimum atomic E-state index is 0.350. The fourth-order valence-electron chi connectivity index (χ4n) is 6.15. The third kappa shape index (κ3) is 3.66. The van der Waals surface area contributed by atoms with E-state index in [0.717, 1.165) is 58.2 Å². The normalized spacial score (nSPS) is 24.9. The maximum Gasteiger partial charge on any atom is 0.124 e. The maximum absolute atomic E-state index is 4.84. The summed E-state index contributed by atoms with van der Waals surface area (Å²) >= 11 is 0. The summed E-state index contributed by atoms with van der Waals surface area (Å²) in [5.74, 6) is 8.77. The molecule has 4 N–H and O–H groups in total. The zero-order valence-corrected chi connectivity index (χ0v) is 20.3. The van der Waals surface area contributed by atoms with Crippen molar-refractivity contribution in [1.29, 1.82) is 0 Å². The summed E-state index contributed by atoms with van der Waals surface area (Å²) in [5.41, 5.74) is 7.39. The fourth-order valence-corrected chi connectivity index (χ4v) is 6.15. The first-order chi connectivity index (χ1) is 17.6. The molecule has 8 rings (SSSR count). The van der Waals surface area contributed by atoms with E-state index < -0.39 is 0 Å². The first kappa shape index (κ1) is 20.8. The lowest BCUT2D eigenvalue weighted by atomic mass is 10.0. The van der Waals surface area contributed by atoms with E-state index in [4.69, 9.17) is 4.98 Å². The molecule has 2 saturated carbocycles. The van der Waals surface area contributed by atoms with Gasteiger partial charge in [0.2, 0.25) is 0 Å². The second-order valence-corrected chi connectivity index (χ2v) is 11.6. The van der Waals surface area contributed by atoms with Crippen LogP contribution in [-0.2, 0) is 0 Å². The number of aromatic amines is 2. The van der Waals surface area contributed by atoms with Crippen molar-refractivity contribution in [2.75, 3.05) is 13.1 Å². The first-order valence-electron chi connectivity index (χ1n) is 13.3. The van der Waals surface area contributed by atoms with Gasteiger partial charge in [-0.3, -0.25) is 0 Å². The molecule has 6 nitrogen and oxygen atoms in total. The van der Waals surface area contributed by atoms with Crippen LogP contribution in [0.4, 0.5) is 0 Å². The van der Waals surface area contributed by atoms with Gasteiger partial charge in [0, 0.05) is 24.2 Å². The predicted molar refractivity (Wildman–Crippen MR) is 140 cm³/mol. The minimum Gasteiger partial charge on any atom is -0.341 e. The van der Waals surface area contributed by atoms with Crippen molar-refractivity contribution >= 4 is 11.0 Å². The Kier molecular flexibility index (Phi) is 4.35. The Morgan fingerprint density at radius 2 is 1.42 bits per heavy atom. The number of nitrogens with one attached hydrogen (secondary N) is 4. The van der Waals surface area contributed by atoms with Crippen molar-refractivity contribution in [2.45, 2.75) is 50.6 Å². The second-order valence-electron chi connectivity index (χ2n) is 11.6. The monoisotopic (exact) mass is 474 g/mol. The topological polar surface area (TPSA) is 81.4 Å². The molecule has 2 atom stereocenters. The van der Waals surface area contributed by atoms with Crippen LogP contribution in [0, 0.1) is 22.7 Å².